The third kappa shape index (κ3) is 15.6. The van der Waals surface area contributed by atoms with Crippen molar-refractivity contribution in [2.75, 3.05) is 44.8 Å². The van der Waals surface area contributed by atoms with E-state index in [2.05, 4.69) is 82.6 Å². The van der Waals surface area contributed by atoms with E-state index >= 15 is 0 Å². The first-order valence-corrected chi connectivity index (χ1v) is 23.0. The van der Waals surface area contributed by atoms with Gasteiger partial charge in [0.15, 0.2) is 0 Å². The molecule has 6 aromatic rings. The van der Waals surface area contributed by atoms with Gasteiger partial charge in [-0.1, -0.05) is 60.7 Å². The number of hydrogen-bond acceptors (Lipinski definition) is 12. The minimum absolute atomic E-state index is 0. The van der Waals surface area contributed by atoms with Crippen molar-refractivity contribution in [2.45, 2.75) is 65.7 Å². The maximum Gasteiger partial charge on any atom is 0.309 e. The Morgan fingerprint density at radius 1 is 0.592 bits per heavy atom. The van der Waals surface area contributed by atoms with Gasteiger partial charge in [-0.15, -0.1) is 0 Å². The molecule has 2 N–H and O–H groups in total. The zero-order valence-electron chi connectivity index (χ0n) is 41.2. The molecule has 4 aromatic carbocycles. The van der Waals surface area contributed by atoms with Crippen LogP contribution in [0.4, 0.5) is 11.6 Å². The Kier molecular flexibility index (Phi) is 20.5. The van der Waals surface area contributed by atoms with E-state index in [0.717, 1.165) is 87.5 Å². The third-order valence-corrected chi connectivity index (χ3v) is 12.0. The van der Waals surface area contributed by atoms with Crippen molar-refractivity contribution >= 4 is 35.6 Å². The summed E-state index contributed by atoms with van der Waals surface area (Å²) in [5.41, 5.74) is 9.86. The van der Waals surface area contributed by atoms with Crippen LogP contribution in [0.5, 0.6) is 23.0 Å². The molecule has 0 unspecified atom stereocenters. The van der Waals surface area contributed by atoms with Crippen molar-refractivity contribution in [3.8, 4) is 23.0 Å². The van der Waals surface area contributed by atoms with Crippen LogP contribution in [0.3, 0.4) is 0 Å². The minimum atomic E-state index is -0.833. The molecule has 0 bridgehead atoms. The van der Waals surface area contributed by atoms with Gasteiger partial charge in [-0.05, 0) is 131 Å². The van der Waals surface area contributed by atoms with Crippen LogP contribution < -0.4 is 28.7 Å². The molecule has 71 heavy (non-hydrogen) atoms. The second-order valence-corrected chi connectivity index (χ2v) is 16.9. The number of aromatic nitrogens is 2. The third-order valence-electron chi connectivity index (χ3n) is 12.0. The molecule has 3 aliphatic carbocycles. The summed E-state index contributed by atoms with van der Waals surface area (Å²) in [4.78, 5) is 44.4. The van der Waals surface area contributed by atoms with Crippen molar-refractivity contribution in [3.63, 3.8) is 0 Å². The van der Waals surface area contributed by atoms with Crippen LogP contribution in [-0.2, 0) is 77.6 Å². The fourth-order valence-corrected chi connectivity index (χ4v) is 8.56. The number of rotatable bonds is 16. The molecular weight excluding hydrogens is 992 g/mol. The van der Waals surface area contributed by atoms with Crippen LogP contribution in [0.15, 0.2) is 128 Å². The van der Waals surface area contributed by atoms with Crippen LogP contribution in [0.25, 0.3) is 6.08 Å². The molecule has 3 atom stereocenters. The first-order valence-electron chi connectivity index (χ1n) is 23.0. The van der Waals surface area contributed by atoms with Gasteiger partial charge in [0.1, 0.15) is 34.6 Å². The number of pyridine rings is 2. The zero-order chi connectivity index (χ0) is 50.2. The van der Waals surface area contributed by atoms with Crippen LogP contribution in [0.2, 0.25) is 0 Å². The Hall–Kier alpha value is -7.25. The van der Waals surface area contributed by atoms with Gasteiger partial charge >= 0.3 is 5.97 Å². The van der Waals surface area contributed by atoms with Gasteiger partial charge in [0.25, 0.3) is 11.9 Å². The molecule has 375 valence electrons. The Balaban J connectivity index is 0.000000230. The van der Waals surface area contributed by atoms with Crippen molar-refractivity contribution in [1.29, 1.82) is 0 Å². The monoisotopic (exact) mass is 1050 g/mol. The number of carbonyl (C=O) groups is 3. The predicted octanol–water partition coefficient (Wildman–Crippen LogP) is 9.81. The summed E-state index contributed by atoms with van der Waals surface area (Å²) < 4.78 is 26.4. The number of nitrogens with zero attached hydrogens (tertiary/aromatic N) is 4. The number of hydrogen-bond donors (Lipinski definition) is 2. The molecular formula is C56H62N4O10Rh. The minimum Gasteiger partial charge on any atom is -0.497 e. The maximum absolute atomic E-state index is 12.2. The Labute approximate surface area is 429 Å². The SMILES string of the molecule is CC(=O)O.CC(=O)O.CCOC(=O)[C@H]1[C@@H]2Cc3cc(N(Cc4ccc(OC)cc4)Cc4ccc(OC)cc4)ncc3[C@@H]21.COc1ccc(CN(Cc2ccc(OC)cc2)c2cc3c(cn2)C=CC3)cc1.[Rh]. The van der Waals surface area contributed by atoms with E-state index in [9.17, 15) is 4.79 Å². The van der Waals surface area contributed by atoms with E-state index in [0.29, 0.717) is 12.5 Å². The molecule has 9 rings (SSSR count). The first-order chi connectivity index (χ1) is 33.8. The Morgan fingerprint density at radius 3 is 1.32 bits per heavy atom. The largest absolute Gasteiger partial charge is 0.497 e. The molecule has 3 aliphatic rings. The van der Waals surface area contributed by atoms with E-state index in [-0.39, 0.29) is 37.3 Å². The summed E-state index contributed by atoms with van der Waals surface area (Å²) in [5.74, 6) is 4.28. The molecule has 0 spiro atoms. The van der Waals surface area contributed by atoms with Crippen molar-refractivity contribution in [1.82, 2.24) is 9.97 Å². The average Bonchev–Trinajstić information content (AvgIpc) is 3.64. The average molecular weight is 1050 g/mol. The van der Waals surface area contributed by atoms with E-state index in [4.69, 9.17) is 53.5 Å². The quantitative estimate of drug-likeness (QED) is 0.0694. The molecule has 15 heteroatoms. The molecule has 0 aliphatic heterocycles. The number of esters is 1. The van der Waals surface area contributed by atoms with Gasteiger partial charge in [0.05, 0.1) is 41.0 Å². The second kappa shape index (κ2) is 26.7. The summed E-state index contributed by atoms with van der Waals surface area (Å²) >= 11 is 0. The van der Waals surface area contributed by atoms with Crippen molar-refractivity contribution < 1.29 is 67.8 Å². The van der Waals surface area contributed by atoms with Crippen LogP contribution in [0.1, 0.15) is 71.2 Å². The maximum atomic E-state index is 12.2. The molecule has 1 saturated carbocycles. The van der Waals surface area contributed by atoms with Gasteiger partial charge in [0.2, 0.25) is 0 Å². The van der Waals surface area contributed by atoms with Crippen molar-refractivity contribution in [2.24, 2.45) is 11.8 Å². The summed E-state index contributed by atoms with van der Waals surface area (Å²) in [6.45, 7) is 7.45. The number of methoxy groups -OCH3 is 4. The normalized spacial score (nSPS) is 14.8. The molecule has 2 aromatic heterocycles. The number of aliphatic carboxylic acids is 2. The number of allylic oxidation sites excluding steroid dienone is 1. The zero-order valence-corrected chi connectivity index (χ0v) is 42.8. The van der Waals surface area contributed by atoms with Gasteiger partial charge in [-0.2, -0.15) is 0 Å². The molecule has 1 fully saturated rings. The van der Waals surface area contributed by atoms with E-state index in [1.165, 1.54) is 44.5 Å². The molecule has 2 heterocycles. The number of ether oxygens (including phenoxy) is 5. The number of carboxylic acid groups (broad SMARTS) is 2. The summed E-state index contributed by atoms with van der Waals surface area (Å²) in [7, 11) is 6.73. The summed E-state index contributed by atoms with van der Waals surface area (Å²) in [5, 5.41) is 14.8. The summed E-state index contributed by atoms with van der Waals surface area (Å²) in [6, 6.07) is 37.1. The van der Waals surface area contributed by atoms with Crippen molar-refractivity contribution in [3.05, 3.63) is 172 Å². The number of carbonyl (C=O) groups excluding carboxylic acids is 1. The van der Waals surface area contributed by atoms with Gasteiger partial charge in [-0.3, -0.25) is 14.4 Å². The topological polar surface area (TPSA) is 170 Å². The van der Waals surface area contributed by atoms with Gasteiger partial charge < -0.3 is 43.7 Å². The fourth-order valence-electron chi connectivity index (χ4n) is 8.56. The molecule has 0 amide bonds. The number of carboxylic acids is 2. The summed E-state index contributed by atoms with van der Waals surface area (Å²) in [6.07, 6.45) is 10.2. The number of fused-ring (bicyclic) bond motifs is 4. The van der Waals surface area contributed by atoms with Crippen LogP contribution >= 0.6 is 0 Å². The standard InChI is InChI=1S/C28H30N2O4.C24H24N2O2.2C2H4O2.Rh/c1-4-34-28(31)27-23-13-20-14-25(29-15-24(20)26(23)27)30(16-18-5-9-21(32-2)10-6-18)17-19-7-11-22(33-3)12-8-19;1-27-22-10-6-18(7-11-22)16-26(17-19-8-12-23(28-2)13-9-19)24-14-20-4-3-5-21(20)15-25-24;2*1-2(3)4;/h5-12,14-15,23,26-27H,4,13,16-17H2,1-3H3;3,5-15H,4,16-17H2,1-2H3;2*1H3,(H,3,4);/t23-,26-,27+;;;;/m1..../s1. The molecule has 14 nitrogen and oxygen atoms in total. The van der Waals surface area contributed by atoms with Gasteiger partial charge in [-0.25, -0.2) is 9.97 Å². The van der Waals surface area contributed by atoms with E-state index < -0.39 is 11.9 Å². The molecule has 0 saturated heterocycles. The molecule has 1 radical (unpaired) electrons. The smallest absolute Gasteiger partial charge is 0.309 e. The Bertz CT molecular complexity index is 2580. The van der Waals surface area contributed by atoms with Gasteiger partial charge in [0, 0.05) is 77.8 Å². The first kappa shape index (κ1) is 54.7. The Morgan fingerprint density at radius 2 is 0.958 bits per heavy atom. The van der Waals surface area contributed by atoms with E-state index in [1.54, 1.807) is 28.4 Å². The number of anilines is 2. The fraction of sp³-hybridized carbons (Fsp3) is 0.304. The predicted molar refractivity (Wildman–Crippen MR) is 270 cm³/mol. The van der Waals surface area contributed by atoms with E-state index in [1.807, 2.05) is 67.8 Å². The second-order valence-electron chi connectivity index (χ2n) is 16.9. The number of benzene rings is 4. The van der Waals surface area contributed by atoms with Crippen LogP contribution in [-0.4, -0.2) is 73.1 Å². The van der Waals surface area contributed by atoms with Crippen LogP contribution in [0, 0.1) is 11.8 Å².